The van der Waals surface area contributed by atoms with Gasteiger partial charge in [0.05, 0.1) is 0 Å². The molecule has 1 N–H and O–H groups in total. The number of nitrogens with zero attached hydrogens (tertiary/aromatic N) is 1. The summed E-state index contributed by atoms with van der Waals surface area (Å²) in [6.07, 6.45) is 5.90. The van der Waals surface area contributed by atoms with Gasteiger partial charge in [-0.2, -0.15) is 0 Å². The van der Waals surface area contributed by atoms with Crippen LogP contribution in [0.2, 0.25) is 0 Å². The maximum Gasteiger partial charge on any atom is 0.227 e. The molecule has 3 rings (SSSR count). The van der Waals surface area contributed by atoms with Crippen LogP contribution in [0.25, 0.3) is 0 Å². The van der Waals surface area contributed by atoms with Crippen LogP contribution in [0, 0.1) is 5.82 Å². The highest BCUT2D eigenvalue weighted by molar-refractivity contribution is 5.96. The first kappa shape index (κ1) is 13.6. The van der Waals surface area contributed by atoms with Gasteiger partial charge in [0.2, 0.25) is 5.91 Å². The molecule has 1 atom stereocenters. The van der Waals surface area contributed by atoms with E-state index in [0.717, 1.165) is 30.6 Å². The van der Waals surface area contributed by atoms with Crippen molar-refractivity contribution in [2.75, 3.05) is 18.0 Å². The second-order valence-electron chi connectivity index (χ2n) is 5.75. The summed E-state index contributed by atoms with van der Waals surface area (Å²) < 4.78 is 13.4. The van der Waals surface area contributed by atoms with Gasteiger partial charge in [-0.05, 0) is 49.9 Å². The van der Waals surface area contributed by atoms with E-state index in [1.165, 1.54) is 31.4 Å². The van der Waals surface area contributed by atoms with Gasteiger partial charge < -0.3 is 10.2 Å². The number of halogens is 1. The Labute approximate surface area is 119 Å². The Morgan fingerprint density at radius 1 is 1.30 bits per heavy atom. The van der Waals surface area contributed by atoms with Crippen molar-refractivity contribution in [2.24, 2.45) is 0 Å². The number of hydrogen-bond acceptors (Lipinski definition) is 2. The van der Waals surface area contributed by atoms with Gasteiger partial charge in [0.1, 0.15) is 5.82 Å². The molecule has 1 aromatic carbocycles. The number of anilines is 1. The molecule has 2 aliphatic rings. The summed E-state index contributed by atoms with van der Waals surface area (Å²) in [5.41, 5.74) is 1.86. The van der Waals surface area contributed by atoms with Crippen molar-refractivity contribution in [1.82, 2.24) is 5.32 Å². The van der Waals surface area contributed by atoms with E-state index >= 15 is 0 Å². The van der Waals surface area contributed by atoms with E-state index in [0.29, 0.717) is 19.0 Å². The Hall–Kier alpha value is -1.42. The molecular weight excluding hydrogens is 255 g/mol. The SMILES string of the molecule is O=C1CCc2ccc(F)cc2N1CCC1CCCCN1. The molecular formula is C16H21FN2O. The molecule has 0 spiro atoms. The van der Waals surface area contributed by atoms with Crippen molar-refractivity contribution < 1.29 is 9.18 Å². The molecule has 1 unspecified atom stereocenters. The highest BCUT2D eigenvalue weighted by atomic mass is 19.1. The molecule has 20 heavy (non-hydrogen) atoms. The van der Waals surface area contributed by atoms with Crippen LogP contribution in [0.5, 0.6) is 0 Å². The van der Waals surface area contributed by atoms with Crippen molar-refractivity contribution in [2.45, 2.75) is 44.6 Å². The van der Waals surface area contributed by atoms with E-state index in [1.54, 1.807) is 4.90 Å². The maximum atomic E-state index is 13.4. The molecule has 0 radical (unpaired) electrons. The third-order valence-corrected chi connectivity index (χ3v) is 4.36. The number of piperidine rings is 1. The molecule has 2 heterocycles. The first-order valence-electron chi connectivity index (χ1n) is 7.56. The van der Waals surface area contributed by atoms with Gasteiger partial charge in [-0.15, -0.1) is 0 Å². The Morgan fingerprint density at radius 2 is 2.20 bits per heavy atom. The van der Waals surface area contributed by atoms with Gasteiger partial charge in [0.25, 0.3) is 0 Å². The molecule has 0 aromatic heterocycles. The van der Waals surface area contributed by atoms with E-state index in [-0.39, 0.29) is 11.7 Å². The zero-order valence-corrected chi connectivity index (χ0v) is 11.7. The summed E-state index contributed by atoms with van der Waals surface area (Å²) in [5, 5.41) is 3.50. The van der Waals surface area contributed by atoms with Crippen LogP contribution >= 0.6 is 0 Å². The fourth-order valence-corrected chi connectivity index (χ4v) is 3.21. The Bertz CT molecular complexity index is 497. The lowest BCUT2D eigenvalue weighted by molar-refractivity contribution is -0.118. The van der Waals surface area contributed by atoms with Gasteiger partial charge in [-0.3, -0.25) is 4.79 Å². The highest BCUT2D eigenvalue weighted by Crippen LogP contribution is 2.29. The second kappa shape index (κ2) is 5.92. The number of hydrogen-bond donors (Lipinski definition) is 1. The quantitative estimate of drug-likeness (QED) is 0.920. The fraction of sp³-hybridized carbons (Fsp3) is 0.562. The van der Waals surface area contributed by atoms with E-state index < -0.39 is 0 Å². The molecule has 1 fully saturated rings. The summed E-state index contributed by atoms with van der Waals surface area (Å²) in [6.45, 7) is 1.76. The monoisotopic (exact) mass is 276 g/mol. The molecule has 4 heteroatoms. The number of carbonyl (C=O) groups excluding carboxylic acids is 1. The molecule has 3 nitrogen and oxygen atoms in total. The summed E-state index contributed by atoms with van der Waals surface area (Å²) in [4.78, 5) is 13.9. The lowest BCUT2D eigenvalue weighted by Gasteiger charge is -2.32. The van der Waals surface area contributed by atoms with E-state index in [2.05, 4.69) is 5.32 Å². The average molecular weight is 276 g/mol. The highest BCUT2D eigenvalue weighted by Gasteiger charge is 2.25. The number of benzene rings is 1. The summed E-state index contributed by atoms with van der Waals surface area (Å²) in [6, 6.07) is 5.29. The molecule has 1 amide bonds. The Morgan fingerprint density at radius 3 is 3.00 bits per heavy atom. The van der Waals surface area contributed by atoms with Gasteiger partial charge in [0, 0.05) is 24.7 Å². The van der Waals surface area contributed by atoms with E-state index in [1.807, 2.05) is 6.07 Å². The van der Waals surface area contributed by atoms with E-state index in [4.69, 9.17) is 0 Å². The number of nitrogens with one attached hydrogen (secondary N) is 1. The third-order valence-electron chi connectivity index (χ3n) is 4.36. The molecule has 2 aliphatic heterocycles. The van der Waals surface area contributed by atoms with Gasteiger partial charge in [-0.1, -0.05) is 12.5 Å². The molecule has 0 bridgehead atoms. The van der Waals surface area contributed by atoms with Crippen molar-refractivity contribution in [3.63, 3.8) is 0 Å². The van der Waals surface area contributed by atoms with Crippen LogP contribution in [-0.4, -0.2) is 25.0 Å². The van der Waals surface area contributed by atoms with Crippen LogP contribution in [-0.2, 0) is 11.2 Å². The third kappa shape index (κ3) is 2.85. The predicted molar refractivity (Wildman–Crippen MR) is 77.3 cm³/mol. The lowest BCUT2D eigenvalue weighted by Crippen LogP contribution is -2.41. The lowest BCUT2D eigenvalue weighted by atomic mass is 9.98. The largest absolute Gasteiger partial charge is 0.314 e. The first-order chi connectivity index (χ1) is 9.74. The van der Waals surface area contributed by atoms with Crippen LogP contribution in [0.4, 0.5) is 10.1 Å². The molecule has 0 saturated carbocycles. The van der Waals surface area contributed by atoms with Crippen LogP contribution in [0.15, 0.2) is 18.2 Å². The summed E-state index contributed by atoms with van der Waals surface area (Å²) in [7, 11) is 0. The van der Waals surface area contributed by atoms with E-state index in [9.17, 15) is 9.18 Å². The predicted octanol–water partition coefficient (Wildman–Crippen LogP) is 2.64. The maximum absolute atomic E-state index is 13.4. The minimum atomic E-state index is -0.265. The normalized spacial score (nSPS) is 22.8. The second-order valence-corrected chi connectivity index (χ2v) is 5.75. The topological polar surface area (TPSA) is 32.3 Å². The number of carbonyl (C=O) groups is 1. The fourth-order valence-electron chi connectivity index (χ4n) is 3.21. The minimum absolute atomic E-state index is 0.124. The van der Waals surface area contributed by atoms with Crippen molar-refractivity contribution in [3.8, 4) is 0 Å². The number of aryl methyl sites for hydroxylation is 1. The van der Waals surface area contributed by atoms with Crippen LogP contribution in [0.3, 0.4) is 0 Å². The molecule has 0 aliphatic carbocycles. The number of amides is 1. The van der Waals surface area contributed by atoms with Gasteiger partial charge in [0.15, 0.2) is 0 Å². The van der Waals surface area contributed by atoms with Crippen LogP contribution in [0.1, 0.15) is 37.7 Å². The summed E-state index contributed by atoms with van der Waals surface area (Å²) in [5.74, 6) is -0.141. The van der Waals surface area contributed by atoms with Crippen molar-refractivity contribution in [1.29, 1.82) is 0 Å². The molecule has 1 aromatic rings. The average Bonchev–Trinajstić information content (AvgIpc) is 2.47. The first-order valence-corrected chi connectivity index (χ1v) is 7.56. The number of rotatable bonds is 3. The summed E-state index contributed by atoms with van der Waals surface area (Å²) >= 11 is 0. The number of fused-ring (bicyclic) bond motifs is 1. The van der Waals surface area contributed by atoms with Crippen molar-refractivity contribution >= 4 is 11.6 Å². The van der Waals surface area contributed by atoms with Crippen LogP contribution < -0.4 is 10.2 Å². The standard InChI is InChI=1S/C16H21FN2O/c17-13-6-4-12-5-7-16(20)19(15(12)11-13)10-8-14-3-1-2-9-18-14/h4,6,11,14,18H,1-3,5,7-10H2. The Kier molecular flexibility index (Phi) is 4.01. The van der Waals surface area contributed by atoms with Gasteiger partial charge in [-0.25, -0.2) is 4.39 Å². The zero-order valence-electron chi connectivity index (χ0n) is 11.7. The Balaban J connectivity index is 1.71. The zero-order chi connectivity index (χ0) is 13.9. The smallest absolute Gasteiger partial charge is 0.227 e. The van der Waals surface area contributed by atoms with Gasteiger partial charge >= 0.3 is 0 Å². The molecule has 1 saturated heterocycles. The molecule has 108 valence electrons. The van der Waals surface area contributed by atoms with Crippen molar-refractivity contribution in [3.05, 3.63) is 29.6 Å². The minimum Gasteiger partial charge on any atom is -0.314 e.